The van der Waals surface area contributed by atoms with Crippen LogP contribution in [0.25, 0.3) is 0 Å². The van der Waals surface area contributed by atoms with Gasteiger partial charge in [0.2, 0.25) is 5.91 Å². The van der Waals surface area contributed by atoms with Crippen LogP contribution in [0.2, 0.25) is 0 Å². The molecule has 4 nitrogen and oxygen atoms in total. The second kappa shape index (κ2) is 3.87. The van der Waals surface area contributed by atoms with Crippen molar-refractivity contribution in [2.24, 2.45) is 5.73 Å². The molecule has 0 atom stereocenters. The van der Waals surface area contributed by atoms with Crippen molar-refractivity contribution in [3.8, 4) is 0 Å². The van der Waals surface area contributed by atoms with Gasteiger partial charge < -0.3 is 10.6 Å². The Morgan fingerprint density at radius 1 is 1.56 bits per heavy atom. The summed E-state index contributed by atoms with van der Waals surface area (Å²) in [5, 5.41) is 0. The summed E-state index contributed by atoms with van der Waals surface area (Å²) in [5.74, 6) is 0.0239. The van der Waals surface area contributed by atoms with Crippen LogP contribution in [-0.2, 0) is 11.3 Å². The summed E-state index contributed by atoms with van der Waals surface area (Å²) in [7, 11) is 1.78. The molecule has 1 heterocycles. The SMILES string of the molecule is Cc1cccc(CN(C)C(=O)C2(N)CC2)n1. The summed E-state index contributed by atoms with van der Waals surface area (Å²) >= 11 is 0. The number of amides is 1. The molecule has 2 N–H and O–H groups in total. The van der Waals surface area contributed by atoms with Crippen LogP contribution < -0.4 is 5.73 Å². The Hall–Kier alpha value is -1.42. The van der Waals surface area contributed by atoms with Gasteiger partial charge in [0, 0.05) is 12.7 Å². The lowest BCUT2D eigenvalue weighted by atomic mass is 10.2. The zero-order valence-electron chi connectivity index (χ0n) is 9.73. The number of likely N-dealkylation sites (N-methyl/N-ethyl adjacent to an activating group) is 1. The molecule has 2 rings (SSSR count). The maximum Gasteiger partial charge on any atom is 0.242 e. The number of nitrogens with zero attached hydrogens (tertiary/aromatic N) is 2. The third kappa shape index (κ3) is 2.22. The highest BCUT2D eigenvalue weighted by atomic mass is 16.2. The van der Waals surface area contributed by atoms with Gasteiger partial charge in [-0.3, -0.25) is 9.78 Å². The Labute approximate surface area is 95.5 Å². The summed E-state index contributed by atoms with van der Waals surface area (Å²) in [5.41, 5.74) is 7.15. The van der Waals surface area contributed by atoms with E-state index in [0.717, 1.165) is 24.2 Å². The Morgan fingerprint density at radius 2 is 2.25 bits per heavy atom. The molecule has 0 unspecified atom stereocenters. The lowest BCUT2D eigenvalue weighted by Crippen LogP contribution is -2.43. The second-order valence-electron chi connectivity index (χ2n) is 4.59. The van der Waals surface area contributed by atoms with Crippen LogP contribution in [0.15, 0.2) is 18.2 Å². The van der Waals surface area contributed by atoms with Crippen LogP contribution in [0, 0.1) is 6.92 Å². The number of hydrogen-bond acceptors (Lipinski definition) is 3. The lowest BCUT2D eigenvalue weighted by Gasteiger charge is -2.20. The van der Waals surface area contributed by atoms with Crippen LogP contribution in [0.1, 0.15) is 24.2 Å². The van der Waals surface area contributed by atoms with E-state index in [0.29, 0.717) is 6.54 Å². The highest BCUT2D eigenvalue weighted by Gasteiger charge is 2.47. The third-order valence-electron chi connectivity index (χ3n) is 2.91. The van der Waals surface area contributed by atoms with Crippen LogP contribution in [0.4, 0.5) is 0 Å². The average Bonchev–Trinajstić information content (AvgIpc) is 2.96. The first kappa shape index (κ1) is 11.1. The summed E-state index contributed by atoms with van der Waals surface area (Å²) in [6.07, 6.45) is 1.61. The van der Waals surface area contributed by atoms with E-state index in [4.69, 9.17) is 5.73 Å². The number of nitrogens with two attached hydrogens (primary N) is 1. The fourth-order valence-corrected chi connectivity index (χ4v) is 1.73. The maximum absolute atomic E-state index is 11.9. The van der Waals surface area contributed by atoms with Gasteiger partial charge >= 0.3 is 0 Å². The molecule has 1 amide bonds. The minimum atomic E-state index is -0.585. The number of rotatable bonds is 3. The van der Waals surface area contributed by atoms with Crippen LogP contribution in [0.3, 0.4) is 0 Å². The van der Waals surface area contributed by atoms with Crippen molar-refractivity contribution < 1.29 is 4.79 Å². The number of carbonyl (C=O) groups is 1. The van der Waals surface area contributed by atoms with Gasteiger partial charge in [-0.05, 0) is 31.9 Å². The van der Waals surface area contributed by atoms with E-state index >= 15 is 0 Å². The highest BCUT2D eigenvalue weighted by Crippen LogP contribution is 2.34. The number of carbonyl (C=O) groups excluding carboxylic acids is 1. The molecule has 0 bridgehead atoms. The third-order valence-corrected chi connectivity index (χ3v) is 2.91. The standard InChI is InChI=1S/C12H17N3O/c1-9-4-3-5-10(14-9)8-15(2)11(16)12(13)6-7-12/h3-5H,6-8,13H2,1-2H3. The van der Waals surface area contributed by atoms with E-state index in [1.165, 1.54) is 0 Å². The molecule has 1 aliphatic rings. The van der Waals surface area contributed by atoms with E-state index in [9.17, 15) is 4.79 Å². The second-order valence-corrected chi connectivity index (χ2v) is 4.59. The minimum absolute atomic E-state index is 0.0239. The molecule has 86 valence electrons. The molecule has 0 saturated heterocycles. The zero-order chi connectivity index (χ0) is 11.8. The highest BCUT2D eigenvalue weighted by molar-refractivity contribution is 5.88. The van der Waals surface area contributed by atoms with Gasteiger partial charge in [-0.1, -0.05) is 6.07 Å². The molecule has 1 saturated carbocycles. The molecule has 1 aromatic rings. The predicted molar refractivity (Wildman–Crippen MR) is 61.6 cm³/mol. The molecular formula is C12H17N3O. The van der Waals surface area contributed by atoms with Gasteiger partial charge in [0.1, 0.15) is 0 Å². The van der Waals surface area contributed by atoms with Crippen molar-refractivity contribution in [1.29, 1.82) is 0 Å². The monoisotopic (exact) mass is 219 g/mol. The first-order valence-corrected chi connectivity index (χ1v) is 5.48. The van der Waals surface area contributed by atoms with Crippen molar-refractivity contribution in [3.63, 3.8) is 0 Å². The van der Waals surface area contributed by atoms with E-state index in [-0.39, 0.29) is 5.91 Å². The molecule has 1 fully saturated rings. The number of hydrogen-bond donors (Lipinski definition) is 1. The predicted octanol–water partition coefficient (Wildman–Crippen LogP) is 0.840. The minimum Gasteiger partial charge on any atom is -0.338 e. The van der Waals surface area contributed by atoms with Gasteiger partial charge in [0.25, 0.3) is 0 Å². The van der Waals surface area contributed by atoms with Gasteiger partial charge in [0.05, 0.1) is 17.8 Å². The van der Waals surface area contributed by atoms with Crippen LogP contribution in [-0.4, -0.2) is 28.4 Å². The average molecular weight is 219 g/mol. The molecule has 0 spiro atoms. The van der Waals surface area contributed by atoms with Gasteiger partial charge in [-0.25, -0.2) is 0 Å². The molecule has 16 heavy (non-hydrogen) atoms. The molecule has 0 aliphatic heterocycles. The van der Waals surface area contributed by atoms with Gasteiger partial charge in [-0.15, -0.1) is 0 Å². The lowest BCUT2D eigenvalue weighted by molar-refractivity contribution is -0.132. The maximum atomic E-state index is 11.9. The van der Waals surface area contributed by atoms with E-state index in [1.54, 1.807) is 11.9 Å². The van der Waals surface area contributed by atoms with E-state index in [2.05, 4.69) is 4.98 Å². The molecule has 0 aromatic carbocycles. The topological polar surface area (TPSA) is 59.2 Å². The summed E-state index contributed by atoms with van der Waals surface area (Å²) in [6, 6.07) is 5.81. The zero-order valence-corrected chi connectivity index (χ0v) is 9.73. The summed E-state index contributed by atoms with van der Waals surface area (Å²) < 4.78 is 0. The molecule has 1 aromatic heterocycles. The van der Waals surface area contributed by atoms with Crippen molar-refractivity contribution in [2.75, 3.05) is 7.05 Å². The van der Waals surface area contributed by atoms with Crippen LogP contribution in [0.5, 0.6) is 0 Å². The van der Waals surface area contributed by atoms with Crippen molar-refractivity contribution in [1.82, 2.24) is 9.88 Å². The quantitative estimate of drug-likeness (QED) is 0.819. The van der Waals surface area contributed by atoms with Crippen molar-refractivity contribution >= 4 is 5.91 Å². The number of aryl methyl sites for hydroxylation is 1. The molecule has 4 heteroatoms. The Morgan fingerprint density at radius 3 is 2.81 bits per heavy atom. The fourth-order valence-electron chi connectivity index (χ4n) is 1.73. The summed E-state index contributed by atoms with van der Waals surface area (Å²) in [4.78, 5) is 17.9. The van der Waals surface area contributed by atoms with E-state index < -0.39 is 5.54 Å². The van der Waals surface area contributed by atoms with Gasteiger partial charge in [-0.2, -0.15) is 0 Å². The van der Waals surface area contributed by atoms with Crippen LogP contribution >= 0.6 is 0 Å². The number of aromatic nitrogens is 1. The first-order chi connectivity index (χ1) is 7.51. The molecule has 1 aliphatic carbocycles. The van der Waals surface area contributed by atoms with Crippen molar-refractivity contribution in [3.05, 3.63) is 29.6 Å². The van der Waals surface area contributed by atoms with Crippen molar-refractivity contribution in [2.45, 2.75) is 31.8 Å². The first-order valence-electron chi connectivity index (χ1n) is 5.48. The Balaban J connectivity index is 2.02. The fraction of sp³-hybridized carbons (Fsp3) is 0.500. The smallest absolute Gasteiger partial charge is 0.242 e. The Kier molecular flexibility index (Phi) is 2.68. The summed E-state index contributed by atoms with van der Waals surface area (Å²) in [6.45, 7) is 2.47. The normalized spacial score (nSPS) is 16.9. The molecule has 0 radical (unpaired) electrons. The molecular weight excluding hydrogens is 202 g/mol. The van der Waals surface area contributed by atoms with E-state index in [1.807, 2.05) is 25.1 Å². The van der Waals surface area contributed by atoms with Gasteiger partial charge in [0.15, 0.2) is 0 Å². The Bertz CT molecular complexity index is 412. The largest absolute Gasteiger partial charge is 0.338 e. The number of pyridine rings is 1.